The topological polar surface area (TPSA) is 79.6 Å². The monoisotopic (exact) mass is 310 g/mol. The molecule has 2 aliphatic rings. The minimum absolute atomic E-state index is 0.0199. The molecular formula is C13H15ClN4O3. The molecule has 7 nitrogen and oxygen atoms in total. The Balaban J connectivity index is 1.85. The van der Waals surface area contributed by atoms with Crippen LogP contribution in [0, 0.1) is 10.1 Å². The van der Waals surface area contributed by atoms with Crippen molar-refractivity contribution in [1.29, 1.82) is 0 Å². The van der Waals surface area contributed by atoms with Crippen LogP contribution < -0.4 is 0 Å². The first-order valence-electron chi connectivity index (χ1n) is 6.89. The van der Waals surface area contributed by atoms with Gasteiger partial charge in [-0.25, -0.2) is 4.98 Å². The minimum atomic E-state index is -0.595. The maximum atomic E-state index is 12.6. The number of aromatic nitrogens is 1. The predicted octanol–water partition coefficient (Wildman–Crippen LogP) is 1.56. The molecule has 8 heteroatoms. The maximum absolute atomic E-state index is 12.6. The van der Waals surface area contributed by atoms with Gasteiger partial charge in [-0.2, -0.15) is 0 Å². The van der Waals surface area contributed by atoms with E-state index in [4.69, 9.17) is 11.6 Å². The Kier molecular flexibility index (Phi) is 3.77. The number of halogens is 1. The van der Waals surface area contributed by atoms with Crippen LogP contribution in [-0.2, 0) is 0 Å². The molecule has 2 saturated heterocycles. The van der Waals surface area contributed by atoms with E-state index >= 15 is 0 Å². The summed E-state index contributed by atoms with van der Waals surface area (Å²) in [5.74, 6) is -0.336. The summed E-state index contributed by atoms with van der Waals surface area (Å²) in [5, 5.41) is 11.1. The number of carbonyl (C=O) groups is 1. The van der Waals surface area contributed by atoms with Crippen LogP contribution in [0.1, 0.15) is 23.2 Å². The molecule has 3 rings (SSSR count). The standard InChI is InChI=1S/C13H15ClN4O3/c14-12-6-10(11(7-15-12)18(20)21)13(19)17-5-4-16-3-1-2-9(16)8-17/h6-7,9H,1-5,8H2. The van der Waals surface area contributed by atoms with E-state index < -0.39 is 4.92 Å². The molecule has 112 valence electrons. The number of amides is 1. The minimum Gasteiger partial charge on any atom is -0.336 e. The van der Waals surface area contributed by atoms with E-state index in [9.17, 15) is 14.9 Å². The average Bonchev–Trinajstić information content (AvgIpc) is 2.93. The van der Waals surface area contributed by atoms with E-state index in [2.05, 4.69) is 9.88 Å². The lowest BCUT2D eigenvalue weighted by atomic mass is 10.1. The Bertz CT molecular complexity index is 595. The fourth-order valence-corrected chi connectivity index (χ4v) is 3.24. The fraction of sp³-hybridized carbons (Fsp3) is 0.538. The first kappa shape index (κ1) is 14.2. The van der Waals surface area contributed by atoms with Crippen LogP contribution in [0.2, 0.25) is 5.15 Å². The highest BCUT2D eigenvalue weighted by Gasteiger charge is 2.34. The molecule has 0 N–H and O–H groups in total. The molecule has 0 aromatic carbocycles. The van der Waals surface area contributed by atoms with Gasteiger partial charge in [0.2, 0.25) is 0 Å². The summed E-state index contributed by atoms with van der Waals surface area (Å²) in [6, 6.07) is 1.65. The Labute approximate surface area is 126 Å². The van der Waals surface area contributed by atoms with E-state index in [-0.39, 0.29) is 22.3 Å². The molecule has 21 heavy (non-hydrogen) atoms. The third-order valence-corrected chi connectivity index (χ3v) is 4.36. The van der Waals surface area contributed by atoms with Crippen molar-refractivity contribution in [3.8, 4) is 0 Å². The third kappa shape index (κ3) is 2.71. The molecule has 1 amide bonds. The molecule has 3 heterocycles. The Morgan fingerprint density at radius 3 is 3.00 bits per heavy atom. The zero-order chi connectivity index (χ0) is 15.0. The van der Waals surface area contributed by atoms with Gasteiger partial charge in [-0.15, -0.1) is 0 Å². The second-order valence-corrected chi connectivity index (χ2v) is 5.75. The van der Waals surface area contributed by atoms with E-state index in [0.717, 1.165) is 32.1 Å². The molecule has 0 spiro atoms. The summed E-state index contributed by atoms with van der Waals surface area (Å²) in [6.07, 6.45) is 3.26. The maximum Gasteiger partial charge on any atom is 0.300 e. The lowest BCUT2D eigenvalue weighted by molar-refractivity contribution is -0.385. The van der Waals surface area contributed by atoms with Crippen molar-refractivity contribution in [2.45, 2.75) is 18.9 Å². The number of fused-ring (bicyclic) bond motifs is 1. The molecule has 1 aromatic rings. The number of carbonyl (C=O) groups excluding carboxylic acids is 1. The summed E-state index contributed by atoms with van der Waals surface area (Å²) in [4.78, 5) is 30.8. The molecule has 2 fully saturated rings. The number of rotatable bonds is 2. The summed E-state index contributed by atoms with van der Waals surface area (Å²) in [6.45, 7) is 3.11. The van der Waals surface area contributed by atoms with E-state index in [1.54, 1.807) is 4.90 Å². The molecule has 1 atom stereocenters. The van der Waals surface area contributed by atoms with Gasteiger partial charge in [0.1, 0.15) is 16.9 Å². The number of piperazine rings is 1. The molecule has 1 aromatic heterocycles. The van der Waals surface area contributed by atoms with Gasteiger partial charge in [0.15, 0.2) is 0 Å². The van der Waals surface area contributed by atoms with Crippen LogP contribution in [0.25, 0.3) is 0 Å². The van der Waals surface area contributed by atoms with E-state index in [1.165, 1.54) is 6.07 Å². The van der Waals surface area contributed by atoms with Gasteiger partial charge in [-0.05, 0) is 25.5 Å². The van der Waals surface area contributed by atoms with Crippen molar-refractivity contribution in [2.75, 3.05) is 26.2 Å². The average molecular weight is 311 g/mol. The summed E-state index contributed by atoms with van der Waals surface area (Å²) in [5.41, 5.74) is -0.273. The first-order chi connectivity index (χ1) is 10.1. The van der Waals surface area contributed by atoms with Crippen molar-refractivity contribution in [2.24, 2.45) is 0 Å². The summed E-state index contributed by atoms with van der Waals surface area (Å²) < 4.78 is 0. The number of hydrogen-bond acceptors (Lipinski definition) is 5. The highest BCUT2D eigenvalue weighted by Crippen LogP contribution is 2.26. The molecule has 1 unspecified atom stereocenters. The van der Waals surface area contributed by atoms with Gasteiger partial charge < -0.3 is 4.90 Å². The summed E-state index contributed by atoms with van der Waals surface area (Å²) >= 11 is 5.78. The lowest BCUT2D eigenvalue weighted by Gasteiger charge is -2.37. The second-order valence-electron chi connectivity index (χ2n) is 5.36. The Morgan fingerprint density at radius 2 is 2.24 bits per heavy atom. The molecule has 0 aliphatic carbocycles. The number of hydrogen-bond donors (Lipinski definition) is 0. The predicted molar refractivity (Wildman–Crippen MR) is 76.4 cm³/mol. The highest BCUT2D eigenvalue weighted by atomic mass is 35.5. The van der Waals surface area contributed by atoms with Gasteiger partial charge in [-0.3, -0.25) is 19.8 Å². The van der Waals surface area contributed by atoms with Gasteiger partial charge in [0.25, 0.3) is 11.6 Å². The van der Waals surface area contributed by atoms with Gasteiger partial charge in [0, 0.05) is 25.7 Å². The van der Waals surface area contributed by atoms with Crippen LogP contribution in [0.15, 0.2) is 12.3 Å². The van der Waals surface area contributed by atoms with Gasteiger partial charge >= 0.3 is 0 Å². The van der Waals surface area contributed by atoms with Crippen LogP contribution in [0.3, 0.4) is 0 Å². The number of pyridine rings is 1. The summed E-state index contributed by atoms with van der Waals surface area (Å²) in [7, 11) is 0. The number of nitro groups is 1. The SMILES string of the molecule is O=C(c1cc(Cl)ncc1[N+](=O)[O-])N1CCN2CCCC2C1. The van der Waals surface area contributed by atoms with Crippen molar-refractivity contribution in [3.63, 3.8) is 0 Å². The zero-order valence-corrected chi connectivity index (χ0v) is 12.1. The first-order valence-corrected chi connectivity index (χ1v) is 7.27. The quantitative estimate of drug-likeness (QED) is 0.470. The van der Waals surface area contributed by atoms with Crippen molar-refractivity contribution in [1.82, 2.24) is 14.8 Å². The largest absolute Gasteiger partial charge is 0.336 e. The lowest BCUT2D eigenvalue weighted by Crippen LogP contribution is -2.52. The highest BCUT2D eigenvalue weighted by molar-refractivity contribution is 6.29. The van der Waals surface area contributed by atoms with Crippen molar-refractivity contribution < 1.29 is 9.72 Å². The molecular weight excluding hydrogens is 296 g/mol. The van der Waals surface area contributed by atoms with Crippen LogP contribution in [0.4, 0.5) is 5.69 Å². The van der Waals surface area contributed by atoms with Crippen molar-refractivity contribution in [3.05, 3.63) is 33.1 Å². The van der Waals surface area contributed by atoms with Crippen LogP contribution in [0.5, 0.6) is 0 Å². The number of nitrogens with zero attached hydrogens (tertiary/aromatic N) is 4. The molecule has 2 aliphatic heterocycles. The van der Waals surface area contributed by atoms with Gasteiger partial charge in [-0.1, -0.05) is 11.6 Å². The second kappa shape index (κ2) is 5.57. The Hall–Kier alpha value is -1.73. The zero-order valence-electron chi connectivity index (χ0n) is 11.4. The van der Waals surface area contributed by atoms with E-state index in [0.29, 0.717) is 19.1 Å². The molecule has 0 bridgehead atoms. The normalized spacial score (nSPS) is 22.1. The van der Waals surface area contributed by atoms with Gasteiger partial charge in [0.05, 0.1) is 4.92 Å². The van der Waals surface area contributed by atoms with Crippen LogP contribution >= 0.6 is 11.6 Å². The van der Waals surface area contributed by atoms with E-state index in [1.807, 2.05) is 0 Å². The third-order valence-electron chi connectivity index (χ3n) is 4.15. The molecule has 0 saturated carbocycles. The van der Waals surface area contributed by atoms with Crippen LogP contribution in [-0.4, -0.2) is 57.8 Å². The smallest absolute Gasteiger partial charge is 0.300 e. The van der Waals surface area contributed by atoms with Crippen molar-refractivity contribution >= 4 is 23.2 Å². The molecule has 0 radical (unpaired) electrons. The fourth-order valence-electron chi connectivity index (χ4n) is 3.09. The Morgan fingerprint density at radius 1 is 1.43 bits per heavy atom.